The Balaban J connectivity index is 3.14. The molecule has 1 unspecified atom stereocenters. The normalized spacial score (nSPS) is 15.0. The lowest BCUT2D eigenvalue weighted by Gasteiger charge is -2.05. The first-order valence-corrected chi connectivity index (χ1v) is 3.13. The number of rotatable bonds is 2. The van der Waals surface area contributed by atoms with E-state index in [9.17, 15) is 0 Å². The fourth-order valence-corrected chi connectivity index (χ4v) is 0.436. The quantitative estimate of drug-likeness (QED) is 0.517. The zero-order valence-electron chi connectivity index (χ0n) is 4.49. The zero-order chi connectivity index (χ0) is 5.86. The highest BCUT2D eigenvalue weighted by Gasteiger charge is 2.06. The summed E-state index contributed by atoms with van der Waals surface area (Å²) in [7, 11) is 0. The molecule has 0 saturated carbocycles. The van der Waals surface area contributed by atoms with Gasteiger partial charge in [-0.2, -0.15) is 0 Å². The molecule has 0 saturated heterocycles. The minimum absolute atomic E-state index is 0.245. The highest BCUT2D eigenvalue weighted by Crippen LogP contribution is 2.15. The molecule has 1 radical (unpaired) electrons. The number of alkyl halides is 2. The maximum atomic E-state index is 5.46. The van der Waals surface area contributed by atoms with Crippen molar-refractivity contribution in [1.82, 2.24) is 0 Å². The first-order valence-electron chi connectivity index (χ1n) is 2.26. The molecule has 43 valence electrons. The number of hydrogen-bond donors (Lipinski definition) is 0. The SMILES string of the molecule is C[CH]C(C)C(Cl)Cl. The molecule has 0 rings (SSSR count). The molecule has 2 heteroatoms. The molecule has 0 aliphatic rings. The molecule has 0 aliphatic carbocycles. The van der Waals surface area contributed by atoms with Gasteiger partial charge in [0, 0.05) is 0 Å². The van der Waals surface area contributed by atoms with E-state index in [1.54, 1.807) is 0 Å². The summed E-state index contributed by atoms with van der Waals surface area (Å²) in [5, 5.41) is 0. The second-order valence-electron chi connectivity index (χ2n) is 1.53. The van der Waals surface area contributed by atoms with E-state index in [1.807, 2.05) is 20.3 Å². The Kier molecular flexibility index (Phi) is 3.86. The molecule has 0 aromatic heterocycles. The third kappa shape index (κ3) is 3.19. The predicted octanol–water partition coefficient (Wildman–Crippen LogP) is 2.65. The predicted molar refractivity (Wildman–Crippen MR) is 34.6 cm³/mol. The summed E-state index contributed by atoms with van der Waals surface area (Å²) < 4.78 is 0. The van der Waals surface area contributed by atoms with Gasteiger partial charge < -0.3 is 0 Å². The van der Waals surface area contributed by atoms with Crippen LogP contribution in [0.25, 0.3) is 0 Å². The lowest BCUT2D eigenvalue weighted by Crippen LogP contribution is -2.01. The maximum Gasteiger partial charge on any atom is 0.110 e. The molecule has 0 N–H and O–H groups in total. The van der Waals surface area contributed by atoms with Crippen molar-refractivity contribution in [1.29, 1.82) is 0 Å². The van der Waals surface area contributed by atoms with Crippen molar-refractivity contribution >= 4 is 23.2 Å². The molecule has 7 heavy (non-hydrogen) atoms. The van der Waals surface area contributed by atoms with Gasteiger partial charge in [-0.3, -0.25) is 0 Å². The second kappa shape index (κ2) is 3.57. The molecule has 0 aliphatic heterocycles. The van der Waals surface area contributed by atoms with Gasteiger partial charge in [-0.05, 0) is 12.3 Å². The summed E-state index contributed by atoms with van der Waals surface area (Å²) in [4.78, 5) is -0.245. The molecule has 0 amide bonds. The smallest absolute Gasteiger partial charge is 0.105 e. The van der Waals surface area contributed by atoms with E-state index in [0.717, 1.165) is 0 Å². The van der Waals surface area contributed by atoms with E-state index in [0.29, 0.717) is 5.92 Å². The zero-order valence-corrected chi connectivity index (χ0v) is 6.00. The Hall–Kier alpha value is 0.580. The minimum Gasteiger partial charge on any atom is -0.105 e. The van der Waals surface area contributed by atoms with Gasteiger partial charge in [0.05, 0.1) is 0 Å². The van der Waals surface area contributed by atoms with E-state index in [1.165, 1.54) is 0 Å². The van der Waals surface area contributed by atoms with E-state index >= 15 is 0 Å². The van der Waals surface area contributed by atoms with Crippen molar-refractivity contribution in [3.63, 3.8) is 0 Å². The van der Waals surface area contributed by atoms with Crippen LogP contribution < -0.4 is 0 Å². The lowest BCUT2D eigenvalue weighted by atomic mass is 10.2. The summed E-state index contributed by atoms with van der Waals surface area (Å²) in [5.41, 5.74) is 0. The highest BCUT2D eigenvalue weighted by molar-refractivity contribution is 6.44. The van der Waals surface area contributed by atoms with Crippen LogP contribution in [-0.2, 0) is 0 Å². The van der Waals surface area contributed by atoms with Crippen molar-refractivity contribution < 1.29 is 0 Å². The van der Waals surface area contributed by atoms with Crippen LogP contribution in [-0.4, -0.2) is 4.84 Å². The Morgan fingerprint density at radius 3 is 1.86 bits per heavy atom. The summed E-state index contributed by atoms with van der Waals surface area (Å²) in [6.45, 7) is 3.92. The molecule has 0 fully saturated rings. The van der Waals surface area contributed by atoms with Gasteiger partial charge in [-0.15, -0.1) is 23.2 Å². The van der Waals surface area contributed by atoms with Gasteiger partial charge in [0.2, 0.25) is 0 Å². The minimum atomic E-state index is -0.245. The van der Waals surface area contributed by atoms with Crippen molar-refractivity contribution in [2.24, 2.45) is 5.92 Å². The van der Waals surface area contributed by atoms with Gasteiger partial charge in [0.1, 0.15) is 4.84 Å². The molecule has 0 nitrogen and oxygen atoms in total. The topological polar surface area (TPSA) is 0 Å². The van der Waals surface area contributed by atoms with Gasteiger partial charge in [-0.25, -0.2) is 0 Å². The molecule has 0 aromatic rings. The van der Waals surface area contributed by atoms with Gasteiger partial charge in [0.25, 0.3) is 0 Å². The summed E-state index contributed by atoms with van der Waals surface area (Å²) in [6, 6.07) is 0. The first-order chi connectivity index (χ1) is 3.18. The van der Waals surface area contributed by atoms with Gasteiger partial charge >= 0.3 is 0 Å². The number of halogens is 2. The van der Waals surface area contributed by atoms with Gasteiger partial charge in [0.15, 0.2) is 0 Å². The fourth-order valence-electron chi connectivity index (χ4n) is 0.145. The maximum absolute atomic E-state index is 5.46. The van der Waals surface area contributed by atoms with Crippen LogP contribution in [0.4, 0.5) is 0 Å². The van der Waals surface area contributed by atoms with Gasteiger partial charge in [-0.1, -0.05) is 13.8 Å². The fraction of sp³-hybridized carbons (Fsp3) is 0.800. The van der Waals surface area contributed by atoms with Crippen LogP contribution >= 0.6 is 23.2 Å². The van der Waals surface area contributed by atoms with E-state index in [-0.39, 0.29) is 4.84 Å². The number of hydrogen-bond acceptors (Lipinski definition) is 0. The largest absolute Gasteiger partial charge is 0.110 e. The monoisotopic (exact) mass is 139 g/mol. The Labute approximate surface area is 54.8 Å². The van der Waals surface area contributed by atoms with Crippen LogP contribution in [0.1, 0.15) is 13.8 Å². The summed E-state index contributed by atoms with van der Waals surface area (Å²) in [5.74, 6) is 0.309. The standard InChI is InChI=1S/C5H9Cl2/c1-3-4(2)5(6)7/h3-5H,1-2H3. The van der Waals surface area contributed by atoms with Crippen LogP contribution in [0, 0.1) is 12.3 Å². The molecule has 0 heterocycles. The molecular formula is C5H9Cl2. The average molecular weight is 140 g/mol. The van der Waals surface area contributed by atoms with E-state index < -0.39 is 0 Å². The second-order valence-corrected chi connectivity index (χ2v) is 2.69. The van der Waals surface area contributed by atoms with Crippen LogP contribution in [0.3, 0.4) is 0 Å². The Bertz CT molecular complexity index is 43.3. The van der Waals surface area contributed by atoms with Crippen molar-refractivity contribution in [2.75, 3.05) is 0 Å². The summed E-state index contributed by atoms with van der Waals surface area (Å²) >= 11 is 10.9. The van der Waals surface area contributed by atoms with Crippen molar-refractivity contribution in [2.45, 2.75) is 18.7 Å². The van der Waals surface area contributed by atoms with Crippen LogP contribution in [0.2, 0.25) is 0 Å². The molecular weight excluding hydrogens is 131 g/mol. The first kappa shape index (κ1) is 7.58. The van der Waals surface area contributed by atoms with E-state index in [4.69, 9.17) is 23.2 Å². The molecule has 0 bridgehead atoms. The third-order valence-corrected chi connectivity index (χ3v) is 1.72. The molecule has 0 aromatic carbocycles. The lowest BCUT2D eigenvalue weighted by molar-refractivity contribution is 0.733. The van der Waals surface area contributed by atoms with Crippen LogP contribution in [0.5, 0.6) is 0 Å². The van der Waals surface area contributed by atoms with Crippen LogP contribution in [0.15, 0.2) is 0 Å². The third-order valence-electron chi connectivity index (χ3n) is 0.923. The summed E-state index contributed by atoms with van der Waals surface area (Å²) in [6.07, 6.45) is 1.98. The van der Waals surface area contributed by atoms with Crippen molar-refractivity contribution in [3.05, 3.63) is 6.42 Å². The highest BCUT2D eigenvalue weighted by atomic mass is 35.5. The average Bonchev–Trinajstić information content (AvgIpc) is 1.65. The Morgan fingerprint density at radius 2 is 1.86 bits per heavy atom. The Morgan fingerprint density at radius 1 is 1.43 bits per heavy atom. The van der Waals surface area contributed by atoms with Crippen molar-refractivity contribution in [3.8, 4) is 0 Å². The molecule has 1 atom stereocenters. The van der Waals surface area contributed by atoms with E-state index in [2.05, 4.69) is 0 Å². The molecule has 0 spiro atoms.